The lowest BCUT2D eigenvalue weighted by Crippen LogP contribution is -2.26. The van der Waals surface area contributed by atoms with Gasteiger partial charge in [-0.2, -0.15) is 5.26 Å². The molecule has 1 unspecified atom stereocenters. The summed E-state index contributed by atoms with van der Waals surface area (Å²) in [7, 11) is 0. The van der Waals surface area contributed by atoms with E-state index in [1.54, 1.807) is 23.6 Å². The Morgan fingerprint density at radius 3 is 2.70 bits per heavy atom. The fraction of sp³-hybridized carbons (Fsp3) is 0.167. The molecule has 0 saturated heterocycles. The standard InChI is InChI=1S/C18H14ClN3O4S/c1-10(21)13(8-20)15(23)9-26-18(25)12-5-4-11(19)7-14(12)22-17(24)16-3-2-6-27-16/h2-7,13,21H,9H2,1H3,(H,22,24). The van der Waals surface area contributed by atoms with E-state index in [2.05, 4.69) is 5.32 Å². The first-order valence-electron chi connectivity index (χ1n) is 7.62. The maximum absolute atomic E-state index is 12.3. The van der Waals surface area contributed by atoms with Crippen LogP contribution in [0.4, 0.5) is 5.69 Å². The number of nitriles is 1. The summed E-state index contributed by atoms with van der Waals surface area (Å²) >= 11 is 7.17. The summed E-state index contributed by atoms with van der Waals surface area (Å²) in [6, 6.07) is 9.24. The van der Waals surface area contributed by atoms with Crippen LogP contribution in [0.3, 0.4) is 0 Å². The second-order valence-corrected chi connectivity index (χ2v) is 6.79. The van der Waals surface area contributed by atoms with Crippen molar-refractivity contribution in [3.63, 3.8) is 0 Å². The first-order chi connectivity index (χ1) is 12.8. The fourth-order valence-corrected chi connectivity index (χ4v) is 2.89. The van der Waals surface area contributed by atoms with Crippen LogP contribution in [0.1, 0.15) is 27.0 Å². The molecule has 1 atom stereocenters. The minimum absolute atomic E-state index is 0.0113. The van der Waals surface area contributed by atoms with Gasteiger partial charge in [-0.1, -0.05) is 17.7 Å². The van der Waals surface area contributed by atoms with E-state index in [0.717, 1.165) is 0 Å². The van der Waals surface area contributed by atoms with Crippen molar-refractivity contribution >= 4 is 52.0 Å². The SMILES string of the molecule is CC(=N)C(C#N)C(=O)COC(=O)c1ccc(Cl)cc1NC(=O)c1cccs1. The predicted molar refractivity (Wildman–Crippen MR) is 102 cm³/mol. The normalized spacial score (nSPS) is 11.1. The topological polar surface area (TPSA) is 120 Å². The first kappa shape index (κ1) is 20.3. The predicted octanol–water partition coefficient (Wildman–Crippen LogP) is 3.56. The van der Waals surface area contributed by atoms with Gasteiger partial charge in [-0.25, -0.2) is 4.79 Å². The summed E-state index contributed by atoms with van der Waals surface area (Å²) < 4.78 is 4.95. The number of benzene rings is 1. The summed E-state index contributed by atoms with van der Waals surface area (Å²) in [6.45, 7) is 0.666. The van der Waals surface area contributed by atoms with E-state index >= 15 is 0 Å². The van der Waals surface area contributed by atoms with Gasteiger partial charge in [0, 0.05) is 10.7 Å². The quantitative estimate of drug-likeness (QED) is 0.541. The number of amides is 1. The molecular weight excluding hydrogens is 390 g/mol. The van der Waals surface area contributed by atoms with Crippen molar-refractivity contribution in [3.05, 3.63) is 51.2 Å². The molecule has 1 heterocycles. The Hall–Kier alpha value is -3.02. The van der Waals surface area contributed by atoms with Gasteiger partial charge in [0.2, 0.25) is 0 Å². The highest BCUT2D eigenvalue weighted by atomic mass is 35.5. The lowest BCUT2D eigenvalue weighted by Gasteiger charge is -2.12. The molecule has 27 heavy (non-hydrogen) atoms. The molecular formula is C18H14ClN3O4S. The number of hydrogen-bond donors (Lipinski definition) is 2. The molecule has 0 radical (unpaired) electrons. The number of ether oxygens (including phenoxy) is 1. The molecule has 2 aromatic rings. The van der Waals surface area contributed by atoms with Gasteiger partial charge in [0.05, 0.1) is 22.2 Å². The Bertz CT molecular complexity index is 935. The van der Waals surface area contributed by atoms with Crippen LogP contribution in [0.5, 0.6) is 0 Å². The highest BCUT2D eigenvalue weighted by Gasteiger charge is 2.23. The largest absolute Gasteiger partial charge is 0.454 e. The van der Waals surface area contributed by atoms with Crippen LogP contribution >= 0.6 is 22.9 Å². The number of hydrogen-bond acceptors (Lipinski definition) is 7. The number of anilines is 1. The van der Waals surface area contributed by atoms with Crippen molar-refractivity contribution in [2.75, 3.05) is 11.9 Å². The first-order valence-corrected chi connectivity index (χ1v) is 8.88. The Morgan fingerprint density at radius 1 is 1.37 bits per heavy atom. The van der Waals surface area contributed by atoms with Gasteiger partial charge in [0.25, 0.3) is 5.91 Å². The average molecular weight is 404 g/mol. The molecule has 2 N–H and O–H groups in total. The maximum atomic E-state index is 12.3. The number of carbonyl (C=O) groups is 3. The number of ketones is 1. The molecule has 0 spiro atoms. The smallest absolute Gasteiger partial charge is 0.340 e. The van der Waals surface area contributed by atoms with E-state index in [0.29, 0.717) is 9.90 Å². The summed E-state index contributed by atoms with van der Waals surface area (Å²) in [5, 5.41) is 20.9. The number of esters is 1. The van der Waals surface area contributed by atoms with Gasteiger partial charge in [-0.3, -0.25) is 9.59 Å². The van der Waals surface area contributed by atoms with Crippen molar-refractivity contribution in [3.8, 4) is 6.07 Å². The van der Waals surface area contributed by atoms with Crippen molar-refractivity contribution in [2.24, 2.45) is 5.92 Å². The number of halogens is 1. The highest BCUT2D eigenvalue weighted by Crippen LogP contribution is 2.23. The molecule has 0 aliphatic heterocycles. The van der Waals surface area contributed by atoms with Gasteiger partial charge in [0.1, 0.15) is 5.92 Å². The molecule has 9 heteroatoms. The second-order valence-electron chi connectivity index (χ2n) is 5.41. The summed E-state index contributed by atoms with van der Waals surface area (Å²) in [5.74, 6) is -3.24. The van der Waals surface area contributed by atoms with Gasteiger partial charge in [-0.05, 0) is 36.6 Å². The van der Waals surface area contributed by atoms with Gasteiger partial charge < -0.3 is 15.5 Å². The molecule has 0 saturated carbocycles. The summed E-state index contributed by atoms with van der Waals surface area (Å²) in [5.41, 5.74) is 0.0181. The highest BCUT2D eigenvalue weighted by molar-refractivity contribution is 7.12. The van der Waals surface area contributed by atoms with Crippen LogP contribution < -0.4 is 5.32 Å². The molecule has 0 aliphatic carbocycles. The Kier molecular flexibility index (Phi) is 6.82. The Balaban J connectivity index is 2.14. The molecule has 1 aromatic carbocycles. The third-order valence-electron chi connectivity index (χ3n) is 3.42. The Morgan fingerprint density at radius 2 is 2.11 bits per heavy atom. The van der Waals surface area contributed by atoms with Gasteiger partial charge in [0.15, 0.2) is 12.4 Å². The van der Waals surface area contributed by atoms with Gasteiger partial charge in [-0.15, -0.1) is 11.3 Å². The summed E-state index contributed by atoms with van der Waals surface area (Å²) in [4.78, 5) is 36.9. The lowest BCUT2D eigenvalue weighted by atomic mass is 10.0. The Labute approximate surface area is 164 Å². The third kappa shape index (κ3) is 5.23. The van der Waals surface area contributed by atoms with E-state index in [1.807, 2.05) is 0 Å². The molecule has 1 aromatic heterocycles. The molecule has 138 valence electrons. The zero-order chi connectivity index (χ0) is 20.0. The van der Waals surface area contributed by atoms with Crippen molar-refractivity contribution < 1.29 is 19.1 Å². The molecule has 7 nitrogen and oxygen atoms in total. The third-order valence-corrected chi connectivity index (χ3v) is 4.53. The molecule has 2 rings (SSSR count). The maximum Gasteiger partial charge on any atom is 0.340 e. The van der Waals surface area contributed by atoms with Crippen LogP contribution in [0.25, 0.3) is 0 Å². The molecule has 1 amide bonds. The minimum atomic E-state index is -1.26. The fourth-order valence-electron chi connectivity index (χ4n) is 2.10. The average Bonchev–Trinajstić information content (AvgIpc) is 3.15. The minimum Gasteiger partial charge on any atom is -0.454 e. The van der Waals surface area contributed by atoms with Crippen LogP contribution in [-0.4, -0.2) is 30.0 Å². The van der Waals surface area contributed by atoms with E-state index in [-0.39, 0.29) is 17.0 Å². The summed E-state index contributed by atoms with van der Waals surface area (Å²) in [6.07, 6.45) is 0. The zero-order valence-corrected chi connectivity index (χ0v) is 15.7. The lowest BCUT2D eigenvalue weighted by molar-refractivity contribution is -0.122. The number of carbonyl (C=O) groups excluding carboxylic acids is 3. The molecule has 0 aliphatic rings. The number of nitrogens with one attached hydrogen (secondary N) is 2. The van der Waals surface area contributed by atoms with Crippen LogP contribution in [0, 0.1) is 22.7 Å². The molecule has 0 bridgehead atoms. The van der Waals surface area contributed by atoms with Crippen LogP contribution in [0.15, 0.2) is 35.7 Å². The monoisotopic (exact) mass is 403 g/mol. The van der Waals surface area contributed by atoms with Crippen molar-refractivity contribution in [1.29, 1.82) is 10.7 Å². The molecule has 0 fully saturated rings. The van der Waals surface area contributed by atoms with E-state index in [1.165, 1.54) is 36.5 Å². The van der Waals surface area contributed by atoms with E-state index < -0.39 is 30.2 Å². The van der Waals surface area contributed by atoms with E-state index in [4.69, 9.17) is 27.0 Å². The zero-order valence-electron chi connectivity index (χ0n) is 14.1. The van der Waals surface area contributed by atoms with Gasteiger partial charge >= 0.3 is 5.97 Å². The van der Waals surface area contributed by atoms with E-state index in [9.17, 15) is 14.4 Å². The number of nitrogens with zero attached hydrogens (tertiary/aromatic N) is 1. The van der Waals surface area contributed by atoms with Crippen LogP contribution in [0.2, 0.25) is 5.02 Å². The van der Waals surface area contributed by atoms with Crippen molar-refractivity contribution in [2.45, 2.75) is 6.92 Å². The number of Topliss-reactive ketones (excluding diaryl/α,β-unsaturated/α-hetero) is 1. The second kappa shape index (κ2) is 9.07. The number of rotatable bonds is 7. The number of thiophene rings is 1. The van der Waals surface area contributed by atoms with Crippen molar-refractivity contribution in [1.82, 2.24) is 0 Å². The van der Waals surface area contributed by atoms with Crippen LogP contribution in [-0.2, 0) is 9.53 Å².